The lowest BCUT2D eigenvalue weighted by Gasteiger charge is -1.93. The lowest BCUT2D eigenvalue weighted by Crippen LogP contribution is -2.21. The van der Waals surface area contributed by atoms with E-state index in [1.165, 1.54) is 0 Å². The first-order valence-electron chi connectivity index (χ1n) is 2.89. The van der Waals surface area contributed by atoms with Crippen molar-refractivity contribution in [1.82, 2.24) is 10.2 Å². The Morgan fingerprint density at radius 3 is 2.07 bits per heavy atom. The minimum Gasteiger partial charge on any atom is -0.475 e. The van der Waals surface area contributed by atoms with Gasteiger partial charge in [0.05, 0.1) is 6.20 Å². The second-order valence-electron chi connectivity index (χ2n) is 1.83. The maximum atomic E-state index is 11.9. The second-order valence-corrected chi connectivity index (χ2v) is 2.63. The third kappa shape index (κ3) is 4.80. The zero-order chi connectivity index (χ0) is 11.4. The van der Waals surface area contributed by atoms with E-state index in [-0.39, 0.29) is 5.82 Å². The van der Waals surface area contributed by atoms with E-state index in [9.17, 15) is 17.6 Å². The number of halogens is 5. The van der Waals surface area contributed by atoms with Crippen molar-refractivity contribution in [2.75, 3.05) is 0 Å². The molecule has 1 heterocycles. The van der Waals surface area contributed by atoms with Gasteiger partial charge >= 0.3 is 12.1 Å². The SMILES string of the molecule is Fc1cn[nH]c1Br.O=C(O)C(F)(F)F. The van der Waals surface area contributed by atoms with Crippen LogP contribution in [-0.4, -0.2) is 27.4 Å². The van der Waals surface area contributed by atoms with E-state index in [1.807, 2.05) is 0 Å². The first-order valence-corrected chi connectivity index (χ1v) is 3.69. The minimum absolute atomic E-state index is 0.299. The molecule has 0 aliphatic rings. The van der Waals surface area contributed by atoms with Gasteiger partial charge in [-0.25, -0.2) is 9.18 Å². The van der Waals surface area contributed by atoms with E-state index in [4.69, 9.17) is 9.90 Å². The zero-order valence-electron chi connectivity index (χ0n) is 6.27. The van der Waals surface area contributed by atoms with Crippen molar-refractivity contribution in [2.24, 2.45) is 0 Å². The summed E-state index contributed by atoms with van der Waals surface area (Å²) in [4.78, 5) is 8.90. The summed E-state index contributed by atoms with van der Waals surface area (Å²) in [5.74, 6) is -3.12. The molecule has 0 aliphatic carbocycles. The molecule has 2 N–H and O–H groups in total. The van der Waals surface area contributed by atoms with Gasteiger partial charge in [-0.05, 0) is 15.9 Å². The number of nitrogens with zero attached hydrogens (tertiary/aromatic N) is 1. The van der Waals surface area contributed by atoms with Crippen molar-refractivity contribution < 1.29 is 27.5 Å². The number of rotatable bonds is 0. The number of H-pyrrole nitrogens is 1. The van der Waals surface area contributed by atoms with Crippen LogP contribution in [0, 0.1) is 5.82 Å². The Hall–Kier alpha value is -1.12. The van der Waals surface area contributed by atoms with Gasteiger partial charge in [0.1, 0.15) is 4.60 Å². The van der Waals surface area contributed by atoms with Gasteiger partial charge in [0.25, 0.3) is 0 Å². The molecule has 0 atom stereocenters. The van der Waals surface area contributed by atoms with Crippen molar-refractivity contribution in [3.8, 4) is 0 Å². The standard InChI is InChI=1S/C3H2BrFN2.C2HF3O2/c4-3-2(5)1-6-7-3;3-2(4,5)1(6)7/h1H,(H,6,7);(H,6,7). The Kier molecular flexibility index (Phi) is 4.54. The number of alkyl halides is 3. The number of carbonyl (C=O) groups is 1. The van der Waals surface area contributed by atoms with E-state index in [0.29, 0.717) is 4.60 Å². The van der Waals surface area contributed by atoms with Gasteiger partial charge in [0, 0.05) is 0 Å². The molecule has 0 unspecified atom stereocenters. The predicted molar refractivity (Wildman–Crippen MR) is 39.9 cm³/mol. The molecule has 1 rings (SSSR count). The van der Waals surface area contributed by atoms with Gasteiger partial charge < -0.3 is 5.11 Å². The molecule has 0 fully saturated rings. The highest BCUT2D eigenvalue weighted by molar-refractivity contribution is 9.10. The summed E-state index contributed by atoms with van der Waals surface area (Å²) >= 11 is 2.87. The average molecular weight is 279 g/mol. The minimum atomic E-state index is -5.08. The second kappa shape index (κ2) is 4.94. The number of hydrogen-bond donors (Lipinski definition) is 2. The van der Waals surface area contributed by atoms with Crippen LogP contribution in [0.5, 0.6) is 0 Å². The molecule has 0 spiro atoms. The van der Waals surface area contributed by atoms with Crippen LogP contribution in [-0.2, 0) is 4.79 Å². The summed E-state index contributed by atoms with van der Waals surface area (Å²) in [6, 6.07) is 0. The van der Waals surface area contributed by atoms with Crippen molar-refractivity contribution in [3.05, 3.63) is 16.6 Å². The molecular weight excluding hydrogens is 276 g/mol. The van der Waals surface area contributed by atoms with Crippen LogP contribution in [0.2, 0.25) is 0 Å². The number of nitrogens with one attached hydrogen (secondary N) is 1. The summed E-state index contributed by atoms with van der Waals surface area (Å²) in [7, 11) is 0. The number of hydrogen-bond acceptors (Lipinski definition) is 2. The molecule has 0 aliphatic heterocycles. The molecular formula is C5H3BrF4N2O2. The molecule has 0 saturated heterocycles. The Morgan fingerprint density at radius 1 is 1.57 bits per heavy atom. The van der Waals surface area contributed by atoms with Gasteiger partial charge in [0.15, 0.2) is 5.82 Å². The van der Waals surface area contributed by atoms with E-state index >= 15 is 0 Å². The lowest BCUT2D eigenvalue weighted by molar-refractivity contribution is -0.192. The fraction of sp³-hybridized carbons (Fsp3) is 0.200. The van der Waals surface area contributed by atoms with Crippen LogP contribution in [0.3, 0.4) is 0 Å². The topological polar surface area (TPSA) is 66.0 Å². The first-order chi connectivity index (χ1) is 6.25. The molecule has 9 heteroatoms. The number of aromatic amines is 1. The third-order valence-corrected chi connectivity index (χ3v) is 1.35. The molecule has 0 radical (unpaired) electrons. The summed E-state index contributed by atoms with van der Waals surface area (Å²) in [6.45, 7) is 0. The van der Waals surface area contributed by atoms with Crippen molar-refractivity contribution >= 4 is 21.9 Å². The predicted octanol–water partition coefficient (Wildman–Crippen LogP) is 1.94. The number of aromatic nitrogens is 2. The van der Waals surface area contributed by atoms with E-state index in [1.54, 1.807) is 0 Å². The highest BCUT2D eigenvalue weighted by Crippen LogP contribution is 2.13. The maximum absolute atomic E-state index is 11.9. The maximum Gasteiger partial charge on any atom is 0.490 e. The van der Waals surface area contributed by atoms with Gasteiger partial charge in [-0.1, -0.05) is 0 Å². The van der Waals surface area contributed by atoms with Crippen molar-refractivity contribution in [2.45, 2.75) is 6.18 Å². The Bertz CT molecular complexity index is 294. The fourth-order valence-electron chi connectivity index (χ4n) is 0.256. The highest BCUT2D eigenvalue weighted by atomic mass is 79.9. The number of carboxylic acid groups (broad SMARTS) is 1. The average Bonchev–Trinajstić information content (AvgIpc) is 2.35. The highest BCUT2D eigenvalue weighted by Gasteiger charge is 2.38. The van der Waals surface area contributed by atoms with Gasteiger partial charge in [-0.3, -0.25) is 5.10 Å². The zero-order valence-corrected chi connectivity index (χ0v) is 7.86. The Labute approximate surface area is 83.0 Å². The number of aliphatic carboxylic acids is 1. The first kappa shape index (κ1) is 12.9. The molecule has 0 saturated carbocycles. The molecule has 1 aromatic heterocycles. The van der Waals surface area contributed by atoms with Crippen LogP contribution in [0.25, 0.3) is 0 Å². The molecule has 4 nitrogen and oxygen atoms in total. The van der Waals surface area contributed by atoms with Crippen LogP contribution >= 0.6 is 15.9 Å². The van der Waals surface area contributed by atoms with Gasteiger partial charge in [-0.15, -0.1) is 0 Å². The molecule has 14 heavy (non-hydrogen) atoms. The number of carboxylic acids is 1. The van der Waals surface area contributed by atoms with E-state index < -0.39 is 12.1 Å². The monoisotopic (exact) mass is 278 g/mol. The van der Waals surface area contributed by atoms with Crippen LogP contribution < -0.4 is 0 Å². The smallest absolute Gasteiger partial charge is 0.475 e. The van der Waals surface area contributed by atoms with E-state index in [2.05, 4.69) is 26.1 Å². The Morgan fingerprint density at radius 2 is 2.00 bits per heavy atom. The summed E-state index contributed by atoms with van der Waals surface area (Å²) < 4.78 is 44.0. The van der Waals surface area contributed by atoms with Crippen LogP contribution in [0.15, 0.2) is 10.8 Å². The van der Waals surface area contributed by atoms with E-state index in [0.717, 1.165) is 6.20 Å². The normalized spacial score (nSPS) is 10.4. The van der Waals surface area contributed by atoms with Crippen molar-refractivity contribution in [1.29, 1.82) is 0 Å². The Balaban J connectivity index is 0.000000241. The lowest BCUT2D eigenvalue weighted by atomic mass is 10.7. The summed E-state index contributed by atoms with van der Waals surface area (Å²) in [6.07, 6.45) is -3.98. The molecule has 0 bridgehead atoms. The molecule has 80 valence electrons. The largest absolute Gasteiger partial charge is 0.490 e. The van der Waals surface area contributed by atoms with Crippen LogP contribution in [0.1, 0.15) is 0 Å². The summed E-state index contributed by atoms with van der Waals surface area (Å²) in [5, 5.41) is 12.9. The van der Waals surface area contributed by atoms with Crippen molar-refractivity contribution in [3.63, 3.8) is 0 Å². The van der Waals surface area contributed by atoms with Gasteiger partial charge in [-0.2, -0.15) is 18.3 Å². The van der Waals surface area contributed by atoms with Gasteiger partial charge in [0.2, 0.25) is 0 Å². The third-order valence-electron chi connectivity index (χ3n) is 0.793. The quantitative estimate of drug-likeness (QED) is 0.713. The summed E-state index contributed by atoms with van der Waals surface area (Å²) in [5.41, 5.74) is 0. The fourth-order valence-corrected chi connectivity index (χ4v) is 0.460. The molecule has 1 aromatic rings. The van der Waals surface area contributed by atoms with Crippen LogP contribution in [0.4, 0.5) is 17.6 Å². The molecule has 0 aromatic carbocycles. The molecule has 0 amide bonds.